The Morgan fingerprint density at radius 1 is 1.16 bits per heavy atom. The van der Waals surface area contributed by atoms with Gasteiger partial charge < -0.3 is 19.5 Å². The van der Waals surface area contributed by atoms with Crippen molar-refractivity contribution in [2.24, 2.45) is 5.92 Å². The molecule has 1 aromatic heterocycles. The van der Waals surface area contributed by atoms with Gasteiger partial charge in [0.2, 0.25) is 5.91 Å². The molecule has 1 unspecified atom stereocenters. The molecule has 13 heteroatoms. The van der Waals surface area contributed by atoms with Crippen molar-refractivity contribution in [3.8, 4) is 16.9 Å². The van der Waals surface area contributed by atoms with Crippen molar-refractivity contribution >= 4 is 35.3 Å². The van der Waals surface area contributed by atoms with Crippen molar-refractivity contribution in [1.29, 1.82) is 0 Å². The summed E-state index contributed by atoms with van der Waals surface area (Å²) in [5.74, 6) is -2.43. The number of carbonyl (C=O) groups excluding carboxylic acids is 3. The van der Waals surface area contributed by atoms with Crippen LogP contribution in [0.15, 0.2) is 48.7 Å². The van der Waals surface area contributed by atoms with E-state index in [2.05, 4.69) is 15.0 Å². The maximum absolute atomic E-state index is 15.0. The number of nitrogens with one attached hydrogen (secondary N) is 1. The summed E-state index contributed by atoms with van der Waals surface area (Å²) in [6, 6.07) is 10.6. The quantitative estimate of drug-likeness (QED) is 0.282. The number of fused-ring (bicyclic) bond motifs is 4. The molecule has 2 amide bonds. The highest BCUT2D eigenvalue weighted by Gasteiger charge is 2.37. The lowest BCUT2D eigenvalue weighted by atomic mass is 9.93. The van der Waals surface area contributed by atoms with Crippen LogP contribution in [0.1, 0.15) is 61.6 Å². The van der Waals surface area contributed by atoms with E-state index in [-0.39, 0.29) is 41.8 Å². The Morgan fingerprint density at radius 3 is 2.69 bits per heavy atom. The summed E-state index contributed by atoms with van der Waals surface area (Å²) in [6.07, 6.45) is 1.24. The average molecular weight is 646 g/mol. The summed E-state index contributed by atoms with van der Waals surface area (Å²) in [7, 11) is 1.31. The molecule has 1 saturated heterocycles. The van der Waals surface area contributed by atoms with Crippen molar-refractivity contribution in [1.82, 2.24) is 9.88 Å². The van der Waals surface area contributed by atoms with Crippen LogP contribution in [0.3, 0.4) is 0 Å². The fourth-order valence-electron chi connectivity index (χ4n) is 5.69. The van der Waals surface area contributed by atoms with Crippen LogP contribution in [0.2, 0.25) is 5.02 Å². The summed E-state index contributed by atoms with van der Waals surface area (Å²) in [5, 5.41) is 2.68. The van der Waals surface area contributed by atoms with E-state index in [1.165, 1.54) is 12.0 Å². The maximum Gasteiger partial charge on any atom is 0.410 e. The Hall–Kier alpha value is -4.32. The normalized spacial score (nSPS) is 20.3. The number of halogens is 4. The third kappa shape index (κ3) is 7.16. The van der Waals surface area contributed by atoms with E-state index in [9.17, 15) is 23.2 Å². The predicted octanol–water partition coefficient (Wildman–Crippen LogP) is 7.24. The number of hydrogen-bond acceptors (Lipinski definition) is 7. The van der Waals surface area contributed by atoms with E-state index >= 15 is 4.39 Å². The fourth-order valence-corrected chi connectivity index (χ4v) is 5.86. The molecule has 0 radical (unpaired) electrons. The van der Waals surface area contributed by atoms with Gasteiger partial charge in [-0.25, -0.2) is 9.18 Å². The molecular weight excluding hydrogens is 615 g/mol. The van der Waals surface area contributed by atoms with Gasteiger partial charge in [-0.2, -0.15) is 8.78 Å². The number of nitrogens with zero attached hydrogens (tertiary/aromatic N) is 2. The topological polar surface area (TPSA) is 107 Å². The first-order valence-electron chi connectivity index (χ1n) is 14.4. The van der Waals surface area contributed by atoms with Crippen molar-refractivity contribution in [2.75, 3.05) is 19.0 Å². The largest absolute Gasteiger partial charge is 0.469 e. The van der Waals surface area contributed by atoms with Gasteiger partial charge in [0.15, 0.2) is 5.82 Å². The Labute approximate surface area is 262 Å². The van der Waals surface area contributed by atoms with Crippen molar-refractivity contribution in [3.05, 3.63) is 76.3 Å². The number of hydrogen-bond donors (Lipinski definition) is 1. The zero-order chi connectivity index (χ0) is 32.2. The van der Waals surface area contributed by atoms with Crippen LogP contribution in [0.25, 0.3) is 11.1 Å². The molecule has 5 rings (SSSR count). The highest BCUT2D eigenvalue weighted by Crippen LogP contribution is 2.41. The van der Waals surface area contributed by atoms with E-state index in [4.69, 9.17) is 21.1 Å². The second-order valence-corrected chi connectivity index (χ2v) is 11.4. The van der Waals surface area contributed by atoms with Gasteiger partial charge in [0.1, 0.15) is 11.9 Å². The molecule has 3 atom stereocenters. The van der Waals surface area contributed by atoms with Crippen LogP contribution in [-0.4, -0.2) is 48.1 Å². The molecule has 0 aliphatic carbocycles. The summed E-state index contributed by atoms with van der Waals surface area (Å²) in [5.41, 5.74) is 2.82. The number of anilines is 1. The Bertz CT molecular complexity index is 1610. The second kappa shape index (κ2) is 13.8. The van der Waals surface area contributed by atoms with Crippen LogP contribution in [0.4, 0.5) is 23.7 Å². The number of ether oxygens (including phenoxy) is 3. The molecule has 2 aromatic carbocycles. The van der Waals surface area contributed by atoms with Crippen molar-refractivity contribution in [2.45, 2.75) is 57.8 Å². The predicted molar refractivity (Wildman–Crippen MR) is 158 cm³/mol. The van der Waals surface area contributed by atoms with Gasteiger partial charge in [-0.1, -0.05) is 37.1 Å². The highest BCUT2D eigenvalue weighted by molar-refractivity contribution is 6.30. The lowest BCUT2D eigenvalue weighted by molar-refractivity contribution is -0.139. The minimum absolute atomic E-state index is 0.0335. The SMILES string of the molecule is COC(=O)Cc1ccc2c(c1)NC(=O)[C@H](C)CCC[C@H](N1CCC(c3c(OC(F)F)ccc(Cl)c3F)OC1=O)c1cc-2ccn1. The van der Waals surface area contributed by atoms with E-state index in [0.29, 0.717) is 41.8 Å². The monoisotopic (exact) mass is 645 g/mol. The summed E-state index contributed by atoms with van der Waals surface area (Å²) in [4.78, 5) is 44.6. The van der Waals surface area contributed by atoms with E-state index in [0.717, 1.165) is 17.7 Å². The first kappa shape index (κ1) is 32.1. The molecule has 9 nitrogen and oxygen atoms in total. The third-order valence-electron chi connectivity index (χ3n) is 8.03. The Morgan fingerprint density at radius 2 is 1.96 bits per heavy atom. The molecule has 0 saturated carbocycles. The number of cyclic esters (lactones) is 1. The molecule has 45 heavy (non-hydrogen) atoms. The van der Waals surface area contributed by atoms with Crippen LogP contribution in [0, 0.1) is 11.7 Å². The third-order valence-corrected chi connectivity index (χ3v) is 8.32. The fraction of sp³-hybridized carbons (Fsp3) is 0.375. The lowest BCUT2D eigenvalue weighted by Crippen LogP contribution is -2.42. The Kier molecular flexibility index (Phi) is 9.81. The summed E-state index contributed by atoms with van der Waals surface area (Å²) in [6.45, 7) is -1.31. The van der Waals surface area contributed by atoms with E-state index in [1.807, 2.05) is 13.0 Å². The van der Waals surface area contributed by atoms with Gasteiger partial charge in [0, 0.05) is 36.3 Å². The molecule has 0 spiro atoms. The number of esters is 1. The first-order valence-corrected chi connectivity index (χ1v) is 14.8. The minimum Gasteiger partial charge on any atom is -0.469 e. The molecule has 1 N–H and O–H groups in total. The molecular formula is C32H31ClF3N3O6. The van der Waals surface area contributed by atoms with Gasteiger partial charge >= 0.3 is 18.7 Å². The van der Waals surface area contributed by atoms with E-state index < -0.39 is 42.4 Å². The van der Waals surface area contributed by atoms with Gasteiger partial charge in [-0.3, -0.25) is 19.5 Å². The number of rotatable bonds is 6. The molecule has 3 aromatic rings. The van der Waals surface area contributed by atoms with E-state index in [1.54, 1.807) is 30.5 Å². The van der Waals surface area contributed by atoms with Crippen molar-refractivity contribution in [3.63, 3.8) is 0 Å². The van der Waals surface area contributed by atoms with Crippen LogP contribution >= 0.6 is 11.6 Å². The van der Waals surface area contributed by atoms with Crippen LogP contribution < -0.4 is 10.1 Å². The molecule has 3 heterocycles. The zero-order valence-corrected chi connectivity index (χ0v) is 25.3. The Balaban J connectivity index is 1.47. The number of aromatic nitrogens is 1. The summed E-state index contributed by atoms with van der Waals surface area (Å²) < 4.78 is 56.1. The van der Waals surface area contributed by atoms with Gasteiger partial charge in [0.05, 0.1) is 35.9 Å². The highest BCUT2D eigenvalue weighted by atomic mass is 35.5. The number of alkyl halides is 2. The van der Waals surface area contributed by atoms with Crippen LogP contribution in [-0.2, 0) is 25.5 Å². The van der Waals surface area contributed by atoms with Gasteiger partial charge in [0.25, 0.3) is 0 Å². The number of benzene rings is 2. The molecule has 2 aliphatic rings. The molecule has 1 fully saturated rings. The smallest absolute Gasteiger partial charge is 0.410 e. The lowest BCUT2D eigenvalue weighted by Gasteiger charge is -2.37. The number of carbonyl (C=O) groups is 3. The maximum atomic E-state index is 15.0. The number of amides is 2. The summed E-state index contributed by atoms with van der Waals surface area (Å²) >= 11 is 5.92. The minimum atomic E-state index is -3.22. The molecule has 238 valence electrons. The standard InChI is InChI=1S/C32H31ClF3N3O6/c1-17-4-3-5-24(39-13-11-26(45-32(39)42)28-25(44-31(35)36)9-8-21(33)29(28)34)23-16-19(10-12-37-23)20-7-6-18(15-27(40)43-2)14-22(20)38-30(17)41/h6-10,12,14,16-17,24,26,31H,3-5,11,13,15H2,1-2H3,(H,38,41)/t17-,24+,26?/m1/s1. The van der Waals surface area contributed by atoms with Gasteiger partial charge in [-0.15, -0.1) is 0 Å². The average Bonchev–Trinajstić information content (AvgIpc) is 3.01. The first-order chi connectivity index (χ1) is 21.5. The number of methoxy groups -OCH3 is 1. The van der Waals surface area contributed by atoms with Gasteiger partial charge in [-0.05, 0) is 54.3 Å². The number of pyridine rings is 1. The van der Waals surface area contributed by atoms with Crippen molar-refractivity contribution < 1.29 is 41.8 Å². The van der Waals surface area contributed by atoms with Crippen LogP contribution in [0.5, 0.6) is 5.75 Å². The molecule has 2 aliphatic heterocycles. The zero-order valence-electron chi connectivity index (χ0n) is 24.5. The second-order valence-electron chi connectivity index (χ2n) is 10.9. The molecule has 2 bridgehead atoms.